The molecule has 4 saturated carbocycles. The lowest BCUT2D eigenvalue weighted by Crippen LogP contribution is -2.55. The highest BCUT2D eigenvalue weighted by molar-refractivity contribution is 7.89. The van der Waals surface area contributed by atoms with Gasteiger partial charge in [-0.05, 0) is 92.4 Å². The number of nitrogens with one attached hydrogen (secondary N) is 1. The highest BCUT2D eigenvalue weighted by atomic mass is 32.2. The van der Waals surface area contributed by atoms with Crippen molar-refractivity contribution in [3.05, 3.63) is 23.8 Å². The third kappa shape index (κ3) is 3.25. The molecule has 1 aromatic rings. The lowest BCUT2D eigenvalue weighted by Gasteiger charge is -2.59. The standard InChI is InChI=1S/C20H27NO5S/c1-12(20-9-13-5-14(10-20)7-15(6-13)11-20)21-27(24,25)18-8-16(19(22)23)3-4-17(18)26-2/h3-4,8,12-15,21H,5-7,9-11H2,1-2H3,(H,22,23)/p-1/t12-,13?,14?,15?,20?/m1/s1. The minimum Gasteiger partial charge on any atom is -0.545 e. The van der Waals surface area contributed by atoms with Gasteiger partial charge in [0, 0.05) is 6.04 Å². The summed E-state index contributed by atoms with van der Waals surface area (Å²) in [5.74, 6) is 0.880. The van der Waals surface area contributed by atoms with Crippen LogP contribution in [0.5, 0.6) is 5.75 Å². The summed E-state index contributed by atoms with van der Waals surface area (Å²) in [6.07, 6.45) is 7.12. The maximum Gasteiger partial charge on any atom is 0.244 e. The zero-order chi connectivity index (χ0) is 19.4. The lowest BCUT2D eigenvalue weighted by molar-refractivity contribution is -0.255. The van der Waals surface area contributed by atoms with E-state index >= 15 is 0 Å². The third-order valence-corrected chi connectivity index (χ3v) is 8.59. The molecule has 0 aromatic heterocycles. The molecule has 0 unspecified atom stereocenters. The molecule has 1 aromatic carbocycles. The molecule has 5 rings (SSSR count). The molecular formula is C20H26NO5S-. The van der Waals surface area contributed by atoms with Gasteiger partial charge in [-0.25, -0.2) is 13.1 Å². The number of rotatable bonds is 6. The van der Waals surface area contributed by atoms with Crippen molar-refractivity contribution in [3.8, 4) is 5.75 Å². The van der Waals surface area contributed by atoms with Gasteiger partial charge in [0.1, 0.15) is 10.6 Å². The van der Waals surface area contributed by atoms with Crippen LogP contribution in [0.4, 0.5) is 0 Å². The first-order chi connectivity index (χ1) is 12.7. The number of hydrogen-bond donors (Lipinski definition) is 1. The predicted molar refractivity (Wildman–Crippen MR) is 97.7 cm³/mol. The Kier molecular flexibility index (Phi) is 4.50. The van der Waals surface area contributed by atoms with E-state index in [1.807, 2.05) is 6.92 Å². The summed E-state index contributed by atoms with van der Waals surface area (Å²) >= 11 is 0. The summed E-state index contributed by atoms with van der Waals surface area (Å²) < 4.78 is 34.2. The molecule has 4 bridgehead atoms. The summed E-state index contributed by atoms with van der Waals surface area (Å²) in [6.45, 7) is 1.96. The Labute approximate surface area is 160 Å². The maximum atomic E-state index is 13.1. The first kappa shape index (κ1) is 18.7. The molecule has 1 atom stereocenters. The summed E-state index contributed by atoms with van der Waals surface area (Å²) in [4.78, 5) is 11.0. The van der Waals surface area contributed by atoms with Crippen LogP contribution in [-0.4, -0.2) is 27.5 Å². The van der Waals surface area contributed by atoms with Crippen molar-refractivity contribution in [2.75, 3.05) is 7.11 Å². The van der Waals surface area contributed by atoms with E-state index in [1.165, 1.54) is 38.5 Å². The molecule has 4 fully saturated rings. The number of carboxylic acid groups (broad SMARTS) is 1. The smallest absolute Gasteiger partial charge is 0.244 e. The van der Waals surface area contributed by atoms with Crippen LogP contribution in [-0.2, 0) is 10.0 Å². The van der Waals surface area contributed by atoms with E-state index < -0.39 is 16.0 Å². The number of carboxylic acids is 1. The molecule has 27 heavy (non-hydrogen) atoms. The van der Waals surface area contributed by atoms with Crippen molar-refractivity contribution in [1.29, 1.82) is 0 Å². The molecule has 4 aliphatic rings. The minimum absolute atomic E-state index is 0.0149. The van der Waals surface area contributed by atoms with E-state index in [-0.39, 0.29) is 27.7 Å². The molecule has 7 heteroatoms. The van der Waals surface area contributed by atoms with Gasteiger partial charge >= 0.3 is 0 Å². The van der Waals surface area contributed by atoms with Gasteiger partial charge in [0.15, 0.2) is 0 Å². The molecule has 1 N–H and O–H groups in total. The van der Waals surface area contributed by atoms with Crippen LogP contribution in [0.15, 0.2) is 23.1 Å². The summed E-state index contributed by atoms with van der Waals surface area (Å²) in [7, 11) is -2.55. The molecule has 6 nitrogen and oxygen atoms in total. The highest BCUT2D eigenvalue weighted by Gasteiger charge is 2.53. The van der Waals surface area contributed by atoms with E-state index in [1.54, 1.807) is 0 Å². The molecular weight excluding hydrogens is 366 g/mol. The van der Waals surface area contributed by atoms with Gasteiger partial charge in [-0.1, -0.05) is 0 Å². The Morgan fingerprint density at radius 1 is 1.19 bits per heavy atom. The van der Waals surface area contributed by atoms with Crippen LogP contribution in [0.2, 0.25) is 0 Å². The average Bonchev–Trinajstić information content (AvgIpc) is 2.59. The Bertz CT molecular complexity index is 828. The molecule has 0 amide bonds. The van der Waals surface area contributed by atoms with E-state index in [9.17, 15) is 18.3 Å². The summed E-state index contributed by atoms with van der Waals surface area (Å²) in [6, 6.07) is 3.56. The normalized spacial score (nSPS) is 33.0. The van der Waals surface area contributed by atoms with Crippen molar-refractivity contribution in [2.45, 2.75) is 56.4 Å². The Morgan fingerprint density at radius 3 is 2.22 bits per heavy atom. The van der Waals surface area contributed by atoms with E-state index in [0.29, 0.717) is 0 Å². The molecule has 0 spiro atoms. The number of aromatic carboxylic acids is 1. The van der Waals surface area contributed by atoms with Crippen molar-refractivity contribution in [3.63, 3.8) is 0 Å². The number of ether oxygens (including phenoxy) is 1. The van der Waals surface area contributed by atoms with Crippen LogP contribution in [0.1, 0.15) is 55.8 Å². The van der Waals surface area contributed by atoms with Gasteiger partial charge in [-0.2, -0.15) is 0 Å². The summed E-state index contributed by atoms with van der Waals surface area (Å²) in [5.41, 5.74) is -0.167. The van der Waals surface area contributed by atoms with Gasteiger partial charge in [0.05, 0.1) is 13.1 Å². The quantitative estimate of drug-likeness (QED) is 0.798. The van der Waals surface area contributed by atoms with Crippen LogP contribution in [0.25, 0.3) is 0 Å². The van der Waals surface area contributed by atoms with Crippen molar-refractivity contribution >= 4 is 16.0 Å². The van der Waals surface area contributed by atoms with Gasteiger partial charge in [-0.15, -0.1) is 0 Å². The third-order valence-electron chi connectivity index (χ3n) is 7.02. The molecule has 0 heterocycles. The fraction of sp³-hybridized carbons (Fsp3) is 0.650. The Hall–Kier alpha value is -1.60. The van der Waals surface area contributed by atoms with Gasteiger partial charge in [0.25, 0.3) is 0 Å². The number of hydrogen-bond acceptors (Lipinski definition) is 5. The second-order valence-corrected chi connectivity index (χ2v) is 10.5. The minimum atomic E-state index is -3.92. The van der Waals surface area contributed by atoms with Crippen molar-refractivity contribution in [1.82, 2.24) is 4.72 Å². The second-order valence-electron chi connectivity index (χ2n) is 8.78. The average molecular weight is 392 g/mol. The zero-order valence-electron chi connectivity index (χ0n) is 15.7. The molecule has 0 saturated heterocycles. The van der Waals surface area contributed by atoms with Gasteiger partial charge in [0.2, 0.25) is 10.0 Å². The maximum absolute atomic E-state index is 13.1. The fourth-order valence-corrected chi connectivity index (χ4v) is 7.68. The highest BCUT2D eigenvalue weighted by Crippen LogP contribution is 2.61. The Morgan fingerprint density at radius 2 is 1.74 bits per heavy atom. The summed E-state index contributed by atoms with van der Waals surface area (Å²) in [5, 5.41) is 11.2. The van der Waals surface area contributed by atoms with Crippen molar-refractivity contribution in [2.24, 2.45) is 23.2 Å². The van der Waals surface area contributed by atoms with Crippen LogP contribution >= 0.6 is 0 Å². The van der Waals surface area contributed by atoms with Crippen LogP contribution in [0.3, 0.4) is 0 Å². The number of carbonyl (C=O) groups is 1. The monoisotopic (exact) mass is 392 g/mol. The second kappa shape index (κ2) is 6.48. The van der Waals surface area contributed by atoms with Crippen LogP contribution in [0, 0.1) is 23.2 Å². The number of carbonyl (C=O) groups excluding carboxylic acids is 1. The van der Waals surface area contributed by atoms with Crippen molar-refractivity contribution < 1.29 is 23.1 Å². The molecule has 4 aliphatic carbocycles. The van der Waals surface area contributed by atoms with E-state index in [4.69, 9.17) is 4.74 Å². The van der Waals surface area contributed by atoms with Crippen LogP contribution < -0.4 is 14.6 Å². The van der Waals surface area contributed by atoms with Gasteiger partial charge in [-0.3, -0.25) is 0 Å². The van der Waals surface area contributed by atoms with E-state index in [0.717, 1.165) is 43.1 Å². The van der Waals surface area contributed by atoms with Gasteiger partial charge < -0.3 is 14.6 Å². The lowest BCUT2D eigenvalue weighted by atomic mass is 9.48. The fourth-order valence-electron chi connectivity index (χ4n) is 6.14. The Balaban J connectivity index is 1.62. The first-order valence-electron chi connectivity index (χ1n) is 9.64. The van der Waals surface area contributed by atoms with E-state index in [2.05, 4.69) is 4.72 Å². The topological polar surface area (TPSA) is 95.5 Å². The number of methoxy groups -OCH3 is 1. The first-order valence-corrected chi connectivity index (χ1v) is 11.1. The number of benzene rings is 1. The number of sulfonamides is 1. The SMILES string of the molecule is COc1ccc(C(=O)[O-])cc1S(=O)(=O)N[C@H](C)C12CC3CC(CC(C3)C1)C2. The predicted octanol–water partition coefficient (Wildman–Crippen LogP) is 1.94. The zero-order valence-corrected chi connectivity index (χ0v) is 16.6. The molecule has 0 aliphatic heterocycles. The molecule has 148 valence electrons. The largest absolute Gasteiger partial charge is 0.545 e. The molecule has 0 radical (unpaired) electrons.